The molecule has 2 aromatic rings. The Balaban J connectivity index is 1.64. The maximum atomic E-state index is 12.9. The highest BCUT2D eigenvalue weighted by molar-refractivity contribution is 5.80. The van der Waals surface area contributed by atoms with E-state index in [1.807, 2.05) is 25.1 Å². The molecular formula is C18H24F2N6. The van der Waals surface area contributed by atoms with Gasteiger partial charge in [-0.05, 0) is 19.1 Å². The number of para-hydroxylation sites is 1. The van der Waals surface area contributed by atoms with Crippen molar-refractivity contribution in [3.63, 3.8) is 0 Å². The van der Waals surface area contributed by atoms with E-state index in [2.05, 4.69) is 37.2 Å². The Bertz CT molecular complexity index is 707. The lowest BCUT2D eigenvalue weighted by molar-refractivity contribution is 0.0671. The molecule has 1 fully saturated rings. The molecule has 6 nitrogen and oxygen atoms in total. The van der Waals surface area contributed by atoms with Crippen LogP contribution in [0.25, 0.3) is 0 Å². The molecule has 1 aliphatic rings. The summed E-state index contributed by atoms with van der Waals surface area (Å²) in [6.07, 6.45) is 2.66. The van der Waals surface area contributed by atoms with Gasteiger partial charge in [0.25, 0.3) is 0 Å². The van der Waals surface area contributed by atoms with Gasteiger partial charge in [-0.3, -0.25) is 4.57 Å². The fourth-order valence-corrected chi connectivity index (χ4v) is 3.03. The number of benzene rings is 1. The molecule has 1 N–H and O–H groups in total. The number of nitrogens with zero attached hydrogens (tertiary/aromatic N) is 5. The van der Waals surface area contributed by atoms with Crippen molar-refractivity contribution in [2.24, 2.45) is 4.99 Å². The number of guanidine groups is 1. The predicted octanol–water partition coefficient (Wildman–Crippen LogP) is 2.57. The maximum Gasteiger partial charge on any atom is 0.319 e. The van der Waals surface area contributed by atoms with E-state index in [4.69, 9.17) is 0 Å². The molecule has 0 saturated carbocycles. The predicted molar refractivity (Wildman–Crippen MR) is 98.5 cm³/mol. The minimum Gasteiger partial charge on any atom is -0.368 e. The van der Waals surface area contributed by atoms with Gasteiger partial charge in [-0.15, -0.1) is 0 Å². The highest BCUT2D eigenvalue weighted by Crippen LogP contribution is 2.16. The highest BCUT2D eigenvalue weighted by atomic mass is 19.3. The van der Waals surface area contributed by atoms with E-state index >= 15 is 0 Å². The number of rotatable bonds is 5. The molecule has 1 aromatic carbocycles. The van der Waals surface area contributed by atoms with Crippen molar-refractivity contribution in [2.75, 3.05) is 37.6 Å². The molecule has 0 unspecified atom stereocenters. The number of hydrogen-bond acceptors (Lipinski definition) is 3. The van der Waals surface area contributed by atoms with E-state index in [9.17, 15) is 8.78 Å². The van der Waals surface area contributed by atoms with Crippen molar-refractivity contribution in [3.05, 3.63) is 48.5 Å². The number of aliphatic imine (C=N–C) groups is 1. The summed E-state index contributed by atoms with van der Waals surface area (Å²) >= 11 is 0. The largest absolute Gasteiger partial charge is 0.368 e. The monoisotopic (exact) mass is 362 g/mol. The zero-order chi connectivity index (χ0) is 18.4. The van der Waals surface area contributed by atoms with Crippen LogP contribution in [0.2, 0.25) is 0 Å². The fraction of sp³-hybridized carbons (Fsp3) is 0.444. The van der Waals surface area contributed by atoms with Gasteiger partial charge in [0.15, 0.2) is 5.96 Å². The van der Waals surface area contributed by atoms with Crippen molar-refractivity contribution >= 4 is 11.6 Å². The van der Waals surface area contributed by atoms with E-state index in [1.54, 1.807) is 0 Å². The Morgan fingerprint density at radius 3 is 2.58 bits per heavy atom. The van der Waals surface area contributed by atoms with Crippen molar-refractivity contribution in [2.45, 2.75) is 20.0 Å². The third-order valence-corrected chi connectivity index (χ3v) is 4.36. The summed E-state index contributed by atoms with van der Waals surface area (Å²) < 4.78 is 26.7. The molecule has 0 aliphatic carbocycles. The number of halogens is 2. The Hall–Kier alpha value is -2.64. The van der Waals surface area contributed by atoms with E-state index in [0.717, 1.165) is 43.3 Å². The van der Waals surface area contributed by atoms with Crippen LogP contribution >= 0.6 is 0 Å². The molecule has 1 saturated heterocycles. The second kappa shape index (κ2) is 8.64. The van der Waals surface area contributed by atoms with Crippen LogP contribution in [0.1, 0.15) is 19.3 Å². The molecule has 2 heterocycles. The Labute approximate surface area is 152 Å². The normalized spacial score (nSPS) is 15.6. The van der Waals surface area contributed by atoms with Crippen LogP contribution in [0.15, 0.2) is 47.7 Å². The Morgan fingerprint density at radius 2 is 1.92 bits per heavy atom. The third kappa shape index (κ3) is 4.30. The van der Waals surface area contributed by atoms with Gasteiger partial charge in [0.1, 0.15) is 12.4 Å². The van der Waals surface area contributed by atoms with Crippen molar-refractivity contribution in [1.29, 1.82) is 0 Å². The third-order valence-electron chi connectivity index (χ3n) is 4.36. The molecule has 0 bridgehead atoms. The topological polar surface area (TPSA) is 48.7 Å². The number of piperazine rings is 1. The quantitative estimate of drug-likeness (QED) is 0.656. The van der Waals surface area contributed by atoms with Gasteiger partial charge in [0.2, 0.25) is 0 Å². The molecule has 0 amide bonds. The molecule has 0 spiro atoms. The number of anilines is 1. The molecular weight excluding hydrogens is 338 g/mol. The van der Waals surface area contributed by atoms with Crippen LogP contribution in [0, 0.1) is 0 Å². The average molecular weight is 362 g/mol. The molecule has 0 atom stereocenters. The van der Waals surface area contributed by atoms with Crippen molar-refractivity contribution in [1.82, 2.24) is 19.8 Å². The van der Waals surface area contributed by atoms with Gasteiger partial charge in [-0.1, -0.05) is 18.2 Å². The van der Waals surface area contributed by atoms with E-state index in [0.29, 0.717) is 0 Å². The van der Waals surface area contributed by atoms with Crippen molar-refractivity contribution < 1.29 is 8.78 Å². The molecule has 0 radical (unpaired) electrons. The van der Waals surface area contributed by atoms with E-state index < -0.39 is 6.55 Å². The molecule has 8 heteroatoms. The number of imidazole rings is 1. The second-order valence-electron chi connectivity index (χ2n) is 6.01. The lowest BCUT2D eigenvalue weighted by Crippen LogP contribution is -2.52. The van der Waals surface area contributed by atoms with E-state index in [1.165, 1.54) is 18.1 Å². The van der Waals surface area contributed by atoms with Crippen LogP contribution in [-0.2, 0) is 6.54 Å². The van der Waals surface area contributed by atoms with Crippen LogP contribution in [-0.4, -0.2) is 53.1 Å². The lowest BCUT2D eigenvalue weighted by Gasteiger charge is -2.37. The van der Waals surface area contributed by atoms with Crippen LogP contribution in [0.5, 0.6) is 0 Å². The van der Waals surface area contributed by atoms with Crippen molar-refractivity contribution in [3.8, 4) is 0 Å². The van der Waals surface area contributed by atoms with Gasteiger partial charge in [0, 0.05) is 50.8 Å². The average Bonchev–Trinajstić information content (AvgIpc) is 3.15. The first kappa shape index (κ1) is 18.2. The Morgan fingerprint density at radius 1 is 1.19 bits per heavy atom. The zero-order valence-electron chi connectivity index (χ0n) is 14.9. The molecule has 1 aromatic heterocycles. The SMILES string of the molecule is CCNC(=NCc1nccn1C(F)F)N1CCN(c2ccccc2)CC1. The second-order valence-corrected chi connectivity index (χ2v) is 6.01. The first-order valence-corrected chi connectivity index (χ1v) is 8.82. The summed E-state index contributed by atoms with van der Waals surface area (Å²) in [6.45, 7) is 3.67. The highest BCUT2D eigenvalue weighted by Gasteiger charge is 2.20. The number of aromatic nitrogens is 2. The zero-order valence-corrected chi connectivity index (χ0v) is 14.9. The molecule has 3 rings (SSSR count). The van der Waals surface area contributed by atoms with Gasteiger partial charge in [0.05, 0.1) is 0 Å². The van der Waals surface area contributed by atoms with Crippen LogP contribution in [0.4, 0.5) is 14.5 Å². The van der Waals surface area contributed by atoms with Crippen LogP contribution < -0.4 is 10.2 Å². The number of nitrogens with one attached hydrogen (secondary N) is 1. The minimum absolute atomic E-state index is 0.124. The summed E-state index contributed by atoms with van der Waals surface area (Å²) in [5, 5.41) is 3.25. The summed E-state index contributed by atoms with van der Waals surface area (Å²) in [4.78, 5) is 13.0. The first-order chi connectivity index (χ1) is 12.7. The number of alkyl halides is 2. The minimum atomic E-state index is -2.60. The van der Waals surface area contributed by atoms with Gasteiger partial charge < -0.3 is 15.1 Å². The fourth-order valence-electron chi connectivity index (χ4n) is 3.03. The standard InChI is InChI=1S/C18H24F2N6/c1-2-21-18(23-14-16-22-8-9-26(16)17(19)20)25-12-10-24(11-13-25)15-6-4-3-5-7-15/h3-9,17H,2,10-14H2,1H3,(H,21,23). The first-order valence-electron chi connectivity index (χ1n) is 8.82. The number of hydrogen-bond donors (Lipinski definition) is 1. The van der Waals surface area contributed by atoms with Gasteiger partial charge in [-0.2, -0.15) is 8.78 Å². The van der Waals surface area contributed by atoms with Crippen LogP contribution in [0.3, 0.4) is 0 Å². The smallest absolute Gasteiger partial charge is 0.319 e. The summed E-state index contributed by atoms with van der Waals surface area (Å²) in [6, 6.07) is 10.3. The molecule has 26 heavy (non-hydrogen) atoms. The summed E-state index contributed by atoms with van der Waals surface area (Å²) in [7, 11) is 0. The van der Waals surface area contributed by atoms with E-state index in [-0.39, 0.29) is 12.4 Å². The lowest BCUT2D eigenvalue weighted by atomic mass is 10.2. The maximum absolute atomic E-state index is 12.9. The van der Waals surface area contributed by atoms with Gasteiger partial charge in [-0.25, -0.2) is 9.98 Å². The summed E-state index contributed by atoms with van der Waals surface area (Å²) in [5.41, 5.74) is 1.22. The van der Waals surface area contributed by atoms with Gasteiger partial charge >= 0.3 is 6.55 Å². The molecule has 140 valence electrons. The summed E-state index contributed by atoms with van der Waals surface area (Å²) in [5.74, 6) is 1.00. The Kier molecular flexibility index (Phi) is 6.04. The molecule has 1 aliphatic heterocycles.